The van der Waals surface area contributed by atoms with Crippen LogP contribution in [0, 0.1) is 11.6 Å². The van der Waals surface area contributed by atoms with Gasteiger partial charge in [0.2, 0.25) is 0 Å². The summed E-state index contributed by atoms with van der Waals surface area (Å²) in [6.07, 6.45) is -2.49. The summed E-state index contributed by atoms with van der Waals surface area (Å²) in [4.78, 5) is 23.2. The molecule has 0 bridgehead atoms. The average Bonchev–Trinajstić information content (AvgIpc) is 2.68. The summed E-state index contributed by atoms with van der Waals surface area (Å²) in [5.74, 6) is -2.26. The van der Waals surface area contributed by atoms with Crippen molar-refractivity contribution in [2.24, 2.45) is 0 Å². The van der Waals surface area contributed by atoms with E-state index in [0.717, 1.165) is 12.1 Å². The van der Waals surface area contributed by atoms with Gasteiger partial charge in [-0.25, -0.2) is 18.4 Å². The van der Waals surface area contributed by atoms with E-state index in [4.69, 9.17) is 14.2 Å². The maximum Gasteiger partial charge on any atom is 0.411 e. The number of hydrogen-bond donors (Lipinski definition) is 2. The number of carbonyl (C=O) groups is 2. The van der Waals surface area contributed by atoms with Crippen LogP contribution in [0.15, 0.2) is 42.5 Å². The molecule has 2 rings (SSSR count). The van der Waals surface area contributed by atoms with Gasteiger partial charge in [0.15, 0.2) is 6.10 Å². The van der Waals surface area contributed by atoms with Crippen LogP contribution in [-0.4, -0.2) is 42.1 Å². The summed E-state index contributed by atoms with van der Waals surface area (Å²) < 4.78 is 42.6. The van der Waals surface area contributed by atoms with Crippen molar-refractivity contribution in [1.82, 2.24) is 0 Å². The number of amides is 1. The minimum absolute atomic E-state index is 0.132. The van der Waals surface area contributed by atoms with Gasteiger partial charge in [0.25, 0.3) is 0 Å². The number of halogens is 2. The monoisotopic (exact) mass is 437 g/mol. The smallest absolute Gasteiger partial charge is 0.411 e. The average molecular weight is 437 g/mol. The van der Waals surface area contributed by atoms with E-state index in [1.54, 1.807) is 45.0 Å². The van der Waals surface area contributed by atoms with Crippen molar-refractivity contribution in [2.75, 3.05) is 11.9 Å². The fourth-order valence-corrected chi connectivity index (χ4v) is 2.68. The Morgan fingerprint density at radius 1 is 1.10 bits per heavy atom. The van der Waals surface area contributed by atoms with Gasteiger partial charge in [0.1, 0.15) is 30.1 Å². The van der Waals surface area contributed by atoms with Crippen LogP contribution in [-0.2, 0) is 20.7 Å². The Labute approximate surface area is 178 Å². The summed E-state index contributed by atoms with van der Waals surface area (Å²) in [5.41, 5.74) is 0.507. The topological polar surface area (TPSA) is 94.1 Å². The van der Waals surface area contributed by atoms with Gasteiger partial charge >= 0.3 is 12.1 Å². The van der Waals surface area contributed by atoms with Crippen molar-refractivity contribution in [3.05, 3.63) is 59.7 Å². The van der Waals surface area contributed by atoms with Gasteiger partial charge < -0.3 is 19.3 Å². The van der Waals surface area contributed by atoms with Crippen LogP contribution in [0.3, 0.4) is 0 Å². The van der Waals surface area contributed by atoms with Crippen LogP contribution in [0.1, 0.15) is 26.3 Å². The summed E-state index contributed by atoms with van der Waals surface area (Å²) in [6, 6.07) is 9.60. The molecule has 0 aliphatic heterocycles. The lowest BCUT2D eigenvalue weighted by atomic mass is 10.1. The second-order valence-corrected chi connectivity index (χ2v) is 7.14. The third-order valence-corrected chi connectivity index (χ3v) is 3.99. The van der Waals surface area contributed by atoms with E-state index in [0.29, 0.717) is 17.4 Å². The number of rotatable bonds is 10. The molecule has 0 aliphatic carbocycles. The Balaban J connectivity index is 1.87. The molecule has 0 fully saturated rings. The lowest BCUT2D eigenvalue weighted by Crippen LogP contribution is -2.29. The molecule has 2 aromatic rings. The van der Waals surface area contributed by atoms with Crippen LogP contribution in [0.4, 0.5) is 19.3 Å². The molecule has 0 aromatic heterocycles. The van der Waals surface area contributed by atoms with E-state index >= 15 is 0 Å². The number of carboxylic acid groups (broad SMARTS) is 1. The fourth-order valence-electron chi connectivity index (χ4n) is 2.68. The Morgan fingerprint density at radius 3 is 2.48 bits per heavy atom. The Hall–Kier alpha value is -3.20. The van der Waals surface area contributed by atoms with Crippen LogP contribution in [0.25, 0.3) is 0 Å². The second-order valence-electron chi connectivity index (χ2n) is 7.14. The SMILES string of the molecule is CC(C)OC(Cc1cccc(OC(C)COC(=O)Nc2ccc(F)cc2F)c1)C(=O)O. The molecule has 0 radical (unpaired) electrons. The maximum absolute atomic E-state index is 13.6. The molecular weight excluding hydrogens is 412 g/mol. The Bertz CT molecular complexity index is 905. The molecule has 0 heterocycles. The number of carbonyl (C=O) groups excluding carboxylic acids is 1. The first kappa shape index (κ1) is 24.1. The van der Waals surface area contributed by atoms with Crippen molar-refractivity contribution >= 4 is 17.7 Å². The highest BCUT2D eigenvalue weighted by Crippen LogP contribution is 2.18. The number of anilines is 1. The van der Waals surface area contributed by atoms with E-state index in [1.165, 1.54) is 0 Å². The third-order valence-electron chi connectivity index (χ3n) is 3.99. The summed E-state index contributed by atoms with van der Waals surface area (Å²) in [7, 11) is 0. The molecule has 0 spiro atoms. The van der Waals surface area contributed by atoms with Gasteiger partial charge in [0, 0.05) is 12.5 Å². The molecule has 0 saturated carbocycles. The van der Waals surface area contributed by atoms with E-state index in [2.05, 4.69) is 5.32 Å². The van der Waals surface area contributed by atoms with Gasteiger partial charge in [-0.05, 0) is 50.6 Å². The first-order valence-corrected chi connectivity index (χ1v) is 9.66. The molecule has 2 unspecified atom stereocenters. The van der Waals surface area contributed by atoms with Gasteiger partial charge in [-0.3, -0.25) is 5.32 Å². The molecule has 2 atom stereocenters. The third kappa shape index (κ3) is 8.21. The molecule has 0 aliphatic rings. The first-order chi connectivity index (χ1) is 14.6. The standard InChI is InChI=1S/C22H25F2NO6/c1-13(2)30-20(21(26)27)10-15-5-4-6-17(9-15)31-14(3)12-29-22(28)25-19-8-7-16(23)11-18(19)24/h4-9,11,13-14,20H,10,12H2,1-3H3,(H,25,28)(H,26,27). The van der Waals surface area contributed by atoms with E-state index in [1.807, 2.05) is 0 Å². The molecule has 1 amide bonds. The van der Waals surface area contributed by atoms with Crippen molar-refractivity contribution in [3.8, 4) is 5.75 Å². The predicted octanol–water partition coefficient (Wildman–Crippen LogP) is 4.40. The van der Waals surface area contributed by atoms with E-state index in [-0.39, 0.29) is 24.8 Å². The Morgan fingerprint density at radius 2 is 1.84 bits per heavy atom. The number of hydrogen-bond acceptors (Lipinski definition) is 5. The molecule has 0 saturated heterocycles. The van der Waals surface area contributed by atoms with Crippen LogP contribution in [0.5, 0.6) is 5.75 Å². The number of ether oxygens (including phenoxy) is 3. The highest BCUT2D eigenvalue weighted by Gasteiger charge is 2.20. The van der Waals surface area contributed by atoms with Crippen LogP contribution < -0.4 is 10.1 Å². The van der Waals surface area contributed by atoms with Crippen LogP contribution >= 0.6 is 0 Å². The minimum atomic E-state index is -1.05. The number of benzene rings is 2. The van der Waals surface area contributed by atoms with Crippen LogP contribution in [0.2, 0.25) is 0 Å². The molecule has 31 heavy (non-hydrogen) atoms. The lowest BCUT2D eigenvalue weighted by Gasteiger charge is -2.18. The molecule has 9 heteroatoms. The van der Waals surface area contributed by atoms with Crippen molar-refractivity contribution in [3.63, 3.8) is 0 Å². The predicted molar refractivity (Wildman–Crippen MR) is 109 cm³/mol. The number of carboxylic acids is 1. The zero-order valence-corrected chi connectivity index (χ0v) is 17.4. The highest BCUT2D eigenvalue weighted by atomic mass is 19.1. The van der Waals surface area contributed by atoms with Crippen molar-refractivity contribution in [2.45, 2.75) is 45.5 Å². The first-order valence-electron chi connectivity index (χ1n) is 9.66. The Kier molecular flexibility index (Phi) is 8.75. The molecule has 2 N–H and O–H groups in total. The van der Waals surface area contributed by atoms with Gasteiger partial charge in [-0.2, -0.15) is 0 Å². The second kappa shape index (κ2) is 11.3. The molecule has 2 aromatic carbocycles. The normalized spacial score (nSPS) is 12.8. The quantitative estimate of drug-likeness (QED) is 0.572. The maximum atomic E-state index is 13.6. The molecular formula is C22H25F2NO6. The minimum Gasteiger partial charge on any atom is -0.487 e. The van der Waals surface area contributed by atoms with Crippen molar-refractivity contribution < 1.29 is 37.7 Å². The summed E-state index contributed by atoms with van der Waals surface area (Å²) in [6.45, 7) is 5.06. The number of aliphatic carboxylic acids is 1. The van der Waals surface area contributed by atoms with E-state index in [9.17, 15) is 23.5 Å². The fraction of sp³-hybridized carbons (Fsp3) is 0.364. The van der Waals surface area contributed by atoms with Gasteiger partial charge in [-0.15, -0.1) is 0 Å². The molecule has 168 valence electrons. The zero-order chi connectivity index (χ0) is 23.0. The van der Waals surface area contributed by atoms with Crippen molar-refractivity contribution in [1.29, 1.82) is 0 Å². The molecule has 7 nitrogen and oxygen atoms in total. The van der Waals surface area contributed by atoms with Gasteiger partial charge in [0.05, 0.1) is 11.8 Å². The summed E-state index contributed by atoms with van der Waals surface area (Å²) >= 11 is 0. The largest absolute Gasteiger partial charge is 0.487 e. The summed E-state index contributed by atoms with van der Waals surface area (Å²) in [5, 5.41) is 11.5. The van der Waals surface area contributed by atoms with E-state index < -0.39 is 35.9 Å². The lowest BCUT2D eigenvalue weighted by molar-refractivity contribution is -0.153. The van der Waals surface area contributed by atoms with Gasteiger partial charge in [-0.1, -0.05) is 12.1 Å². The highest BCUT2D eigenvalue weighted by molar-refractivity contribution is 5.84. The number of nitrogens with one attached hydrogen (secondary N) is 1. The zero-order valence-electron chi connectivity index (χ0n) is 17.4.